The normalized spacial score (nSPS) is 14.1. The summed E-state index contributed by atoms with van der Waals surface area (Å²) in [6, 6.07) is 27.6. The summed E-state index contributed by atoms with van der Waals surface area (Å²) in [5.41, 5.74) is -0.363. The zero-order valence-electron chi connectivity index (χ0n) is 19.4. The van der Waals surface area contributed by atoms with Crippen LogP contribution in [0.3, 0.4) is 0 Å². The first-order valence-corrected chi connectivity index (χ1v) is 11.2. The Labute approximate surface area is 196 Å². The Morgan fingerprint density at radius 2 is 1.33 bits per heavy atom. The molecule has 0 aromatic heterocycles. The molecule has 0 aliphatic carbocycles. The number of rotatable bonds is 9. The molecule has 4 heteroatoms. The van der Waals surface area contributed by atoms with Gasteiger partial charge >= 0.3 is 5.97 Å². The number of hydrogen-bond acceptors (Lipinski definition) is 4. The van der Waals surface area contributed by atoms with Crippen LogP contribution < -0.4 is 0 Å². The molecule has 2 atom stereocenters. The van der Waals surface area contributed by atoms with Crippen molar-refractivity contribution in [3.8, 4) is 0 Å². The fourth-order valence-electron chi connectivity index (χ4n) is 4.02. The smallest absolute Gasteiger partial charge is 0.309 e. The molecule has 0 spiro atoms. The Bertz CT molecular complexity index is 1000. The summed E-state index contributed by atoms with van der Waals surface area (Å²) in [5, 5.41) is 22.9. The van der Waals surface area contributed by atoms with Crippen molar-refractivity contribution in [1.29, 1.82) is 0 Å². The van der Waals surface area contributed by atoms with Gasteiger partial charge in [-0.25, -0.2) is 0 Å². The largest absolute Gasteiger partial charge is 0.454 e. The minimum absolute atomic E-state index is 0.194. The van der Waals surface area contributed by atoms with E-state index in [9.17, 15) is 15.0 Å². The number of allylic oxidation sites excluding steroid dienone is 1. The summed E-state index contributed by atoms with van der Waals surface area (Å²) in [7, 11) is 0. The van der Waals surface area contributed by atoms with E-state index in [1.807, 2.05) is 124 Å². The van der Waals surface area contributed by atoms with Crippen LogP contribution in [0.2, 0.25) is 0 Å². The van der Waals surface area contributed by atoms with E-state index in [0.29, 0.717) is 16.7 Å². The standard InChI is InChI=1S/C29H32O4/c1-4-20-28(2,3)25(30)21-26(31)33-27(22-14-8-5-9-15-22)29(32,23-16-10-6-11-17-23)24-18-12-7-13-19-24/h4-20,25,27,30,32H,21H2,1-3H3/b20-4+/t25-,27-/m0/s1. The summed E-state index contributed by atoms with van der Waals surface area (Å²) >= 11 is 0. The highest BCUT2D eigenvalue weighted by atomic mass is 16.6. The molecule has 0 radical (unpaired) electrons. The number of carbonyl (C=O) groups is 1. The maximum atomic E-state index is 13.1. The van der Waals surface area contributed by atoms with Gasteiger partial charge < -0.3 is 14.9 Å². The van der Waals surface area contributed by atoms with Gasteiger partial charge in [0, 0.05) is 5.41 Å². The molecular formula is C29H32O4. The van der Waals surface area contributed by atoms with E-state index in [1.54, 1.807) is 0 Å². The Balaban J connectivity index is 2.05. The van der Waals surface area contributed by atoms with Crippen molar-refractivity contribution in [3.63, 3.8) is 0 Å². The van der Waals surface area contributed by atoms with Crippen LogP contribution in [0.1, 0.15) is 50.0 Å². The number of ether oxygens (including phenoxy) is 1. The molecule has 0 bridgehead atoms. The number of hydrogen-bond donors (Lipinski definition) is 2. The van der Waals surface area contributed by atoms with Crippen molar-refractivity contribution in [2.24, 2.45) is 5.41 Å². The third kappa shape index (κ3) is 5.59. The van der Waals surface area contributed by atoms with Gasteiger partial charge in [0.1, 0.15) is 0 Å². The molecule has 4 nitrogen and oxygen atoms in total. The summed E-state index contributed by atoms with van der Waals surface area (Å²) in [4.78, 5) is 13.1. The van der Waals surface area contributed by atoms with E-state index in [-0.39, 0.29) is 6.42 Å². The second-order valence-electron chi connectivity index (χ2n) is 8.82. The van der Waals surface area contributed by atoms with E-state index in [1.165, 1.54) is 0 Å². The number of esters is 1. The molecule has 33 heavy (non-hydrogen) atoms. The second kappa shape index (κ2) is 10.6. The average molecular weight is 445 g/mol. The first-order valence-electron chi connectivity index (χ1n) is 11.2. The molecule has 0 saturated heterocycles. The van der Waals surface area contributed by atoms with Crippen LogP contribution in [-0.2, 0) is 15.1 Å². The summed E-state index contributed by atoms with van der Waals surface area (Å²) in [6.45, 7) is 5.60. The molecule has 0 amide bonds. The van der Waals surface area contributed by atoms with Gasteiger partial charge in [-0.3, -0.25) is 4.79 Å². The minimum Gasteiger partial charge on any atom is -0.454 e. The molecular weight excluding hydrogens is 412 g/mol. The van der Waals surface area contributed by atoms with Crippen LogP contribution in [0.15, 0.2) is 103 Å². The first-order chi connectivity index (χ1) is 15.8. The van der Waals surface area contributed by atoms with Gasteiger partial charge in [-0.1, -0.05) is 117 Å². The van der Waals surface area contributed by atoms with Crippen molar-refractivity contribution in [2.75, 3.05) is 0 Å². The molecule has 0 heterocycles. The van der Waals surface area contributed by atoms with Crippen LogP contribution >= 0.6 is 0 Å². The molecule has 3 aromatic carbocycles. The minimum atomic E-state index is -1.64. The van der Waals surface area contributed by atoms with E-state index < -0.39 is 29.2 Å². The van der Waals surface area contributed by atoms with Crippen molar-refractivity contribution < 1.29 is 19.7 Å². The fraction of sp³-hybridized carbons (Fsp3) is 0.276. The van der Waals surface area contributed by atoms with Crippen molar-refractivity contribution in [3.05, 3.63) is 120 Å². The molecule has 0 unspecified atom stereocenters. The van der Waals surface area contributed by atoms with Crippen LogP contribution in [0, 0.1) is 5.41 Å². The highest BCUT2D eigenvalue weighted by Crippen LogP contribution is 2.43. The topological polar surface area (TPSA) is 66.8 Å². The predicted molar refractivity (Wildman–Crippen MR) is 130 cm³/mol. The number of aliphatic hydroxyl groups is 2. The van der Waals surface area contributed by atoms with Crippen molar-refractivity contribution >= 4 is 5.97 Å². The Kier molecular flexibility index (Phi) is 7.85. The quantitative estimate of drug-likeness (QED) is 0.335. The lowest BCUT2D eigenvalue weighted by Crippen LogP contribution is -2.39. The number of carbonyl (C=O) groups excluding carboxylic acids is 1. The maximum Gasteiger partial charge on any atom is 0.309 e. The van der Waals surface area contributed by atoms with E-state index in [4.69, 9.17) is 4.74 Å². The van der Waals surface area contributed by atoms with Gasteiger partial charge in [0.05, 0.1) is 12.5 Å². The van der Waals surface area contributed by atoms with E-state index >= 15 is 0 Å². The molecule has 3 rings (SSSR count). The van der Waals surface area contributed by atoms with Crippen LogP contribution in [-0.4, -0.2) is 22.3 Å². The van der Waals surface area contributed by atoms with Gasteiger partial charge in [0.25, 0.3) is 0 Å². The van der Waals surface area contributed by atoms with E-state index in [2.05, 4.69) is 0 Å². The van der Waals surface area contributed by atoms with Crippen LogP contribution in [0.25, 0.3) is 0 Å². The molecule has 0 aliphatic heterocycles. The van der Waals surface area contributed by atoms with E-state index in [0.717, 1.165) is 0 Å². The molecule has 3 aromatic rings. The Morgan fingerprint density at radius 3 is 1.79 bits per heavy atom. The van der Waals surface area contributed by atoms with Gasteiger partial charge in [-0.05, 0) is 23.6 Å². The van der Waals surface area contributed by atoms with Crippen molar-refractivity contribution in [1.82, 2.24) is 0 Å². The zero-order chi connectivity index (χ0) is 23.9. The third-order valence-electron chi connectivity index (χ3n) is 5.97. The Hall–Kier alpha value is -3.21. The highest BCUT2D eigenvalue weighted by Gasteiger charge is 2.44. The lowest BCUT2D eigenvalue weighted by Gasteiger charge is -2.37. The SMILES string of the molecule is C/C=C/C(C)(C)[C@@H](O)CC(=O)O[C@@H](c1ccccc1)C(O)(c1ccccc1)c1ccccc1. The molecule has 172 valence electrons. The monoisotopic (exact) mass is 444 g/mol. The number of benzene rings is 3. The lowest BCUT2D eigenvalue weighted by atomic mass is 9.78. The third-order valence-corrected chi connectivity index (χ3v) is 5.97. The Morgan fingerprint density at radius 1 is 0.879 bits per heavy atom. The molecule has 0 fully saturated rings. The summed E-state index contributed by atoms with van der Waals surface area (Å²) in [6.07, 6.45) is 1.57. The van der Waals surface area contributed by atoms with Crippen LogP contribution in [0.4, 0.5) is 0 Å². The lowest BCUT2D eigenvalue weighted by molar-refractivity contribution is -0.166. The predicted octanol–water partition coefficient (Wildman–Crippen LogP) is 5.56. The molecule has 2 N–H and O–H groups in total. The van der Waals surface area contributed by atoms with Crippen LogP contribution in [0.5, 0.6) is 0 Å². The molecule has 0 aliphatic rings. The van der Waals surface area contributed by atoms with Crippen molar-refractivity contribution in [2.45, 2.75) is 45.0 Å². The van der Waals surface area contributed by atoms with Gasteiger partial charge in [-0.2, -0.15) is 0 Å². The number of aliphatic hydroxyl groups excluding tert-OH is 1. The zero-order valence-corrected chi connectivity index (χ0v) is 19.4. The summed E-state index contributed by atoms with van der Waals surface area (Å²) in [5.74, 6) is -0.584. The summed E-state index contributed by atoms with van der Waals surface area (Å²) < 4.78 is 5.98. The second-order valence-corrected chi connectivity index (χ2v) is 8.82. The fourth-order valence-corrected chi connectivity index (χ4v) is 4.02. The average Bonchev–Trinajstić information content (AvgIpc) is 2.83. The first kappa shape index (κ1) is 24.4. The maximum absolute atomic E-state index is 13.1. The van der Waals surface area contributed by atoms with Gasteiger partial charge in [-0.15, -0.1) is 0 Å². The highest BCUT2D eigenvalue weighted by molar-refractivity contribution is 5.71. The van der Waals surface area contributed by atoms with Gasteiger partial charge in [0.2, 0.25) is 0 Å². The van der Waals surface area contributed by atoms with Gasteiger partial charge in [0.15, 0.2) is 11.7 Å². The molecule has 0 saturated carbocycles.